The van der Waals surface area contributed by atoms with Crippen molar-refractivity contribution in [3.05, 3.63) is 71.3 Å². The van der Waals surface area contributed by atoms with E-state index in [-0.39, 0.29) is 11.6 Å². The molecular weight excluding hydrogens is 316 g/mol. The molecule has 0 heterocycles. The molecule has 1 saturated carbocycles. The van der Waals surface area contributed by atoms with Crippen molar-refractivity contribution in [2.24, 2.45) is 5.92 Å². The van der Waals surface area contributed by atoms with Gasteiger partial charge in [0.05, 0.1) is 5.92 Å². The molecule has 4 heteroatoms. The van der Waals surface area contributed by atoms with Gasteiger partial charge in [-0.2, -0.15) is 0 Å². The highest BCUT2D eigenvalue weighted by Crippen LogP contribution is 2.61. The van der Waals surface area contributed by atoms with Crippen LogP contribution in [0.25, 0.3) is 0 Å². The van der Waals surface area contributed by atoms with Crippen molar-refractivity contribution in [3.63, 3.8) is 0 Å². The first-order valence-corrected chi connectivity index (χ1v) is 8.35. The lowest BCUT2D eigenvalue weighted by molar-refractivity contribution is -0.183. The molecule has 2 aliphatic rings. The SMILES string of the molecule is CC(=O)O[C@]12C(=O)c3ccccc3C(=O)[C@H]1C[C@]2(C)c1ccccc1. The standard InChI is InChI=1S/C21H18O4/c1-13(22)25-21-17(12-20(21,2)14-8-4-3-5-9-14)18(23)15-10-6-7-11-16(15)19(21)24/h3-11,17H,12H2,1-2H3/t17-,20-,21+/m1/s1. The number of ketones is 2. The van der Waals surface area contributed by atoms with Crippen LogP contribution in [0.15, 0.2) is 54.6 Å². The Morgan fingerprint density at radius 3 is 2.24 bits per heavy atom. The minimum Gasteiger partial charge on any atom is -0.449 e. The monoisotopic (exact) mass is 334 g/mol. The van der Waals surface area contributed by atoms with E-state index in [1.807, 2.05) is 37.3 Å². The van der Waals surface area contributed by atoms with Gasteiger partial charge in [0.15, 0.2) is 11.4 Å². The molecule has 4 nitrogen and oxygen atoms in total. The van der Waals surface area contributed by atoms with Crippen LogP contribution in [0.4, 0.5) is 0 Å². The van der Waals surface area contributed by atoms with Gasteiger partial charge >= 0.3 is 5.97 Å². The number of ether oxygens (including phenoxy) is 1. The summed E-state index contributed by atoms with van der Waals surface area (Å²) >= 11 is 0. The van der Waals surface area contributed by atoms with Crippen molar-refractivity contribution in [2.45, 2.75) is 31.3 Å². The maximum atomic E-state index is 13.4. The highest BCUT2D eigenvalue weighted by Gasteiger charge is 2.74. The highest BCUT2D eigenvalue weighted by molar-refractivity contribution is 6.21. The molecule has 0 amide bonds. The molecule has 0 radical (unpaired) electrons. The second kappa shape index (κ2) is 5.12. The fourth-order valence-electron chi connectivity index (χ4n) is 4.52. The number of hydrogen-bond acceptors (Lipinski definition) is 4. The van der Waals surface area contributed by atoms with Crippen molar-refractivity contribution in [1.29, 1.82) is 0 Å². The Morgan fingerprint density at radius 1 is 1.00 bits per heavy atom. The zero-order valence-corrected chi connectivity index (χ0v) is 14.1. The second-order valence-electron chi connectivity index (χ2n) is 7.02. The second-order valence-corrected chi connectivity index (χ2v) is 7.02. The van der Waals surface area contributed by atoms with Gasteiger partial charge in [0.1, 0.15) is 0 Å². The molecule has 0 spiro atoms. The van der Waals surface area contributed by atoms with Gasteiger partial charge in [-0.3, -0.25) is 14.4 Å². The lowest BCUT2D eigenvalue weighted by atomic mass is 9.43. The highest BCUT2D eigenvalue weighted by atomic mass is 16.6. The molecule has 0 saturated heterocycles. The Bertz CT molecular complexity index is 901. The third kappa shape index (κ3) is 1.85. The molecule has 2 aromatic carbocycles. The summed E-state index contributed by atoms with van der Waals surface area (Å²) < 4.78 is 5.68. The zero-order chi connectivity index (χ0) is 17.8. The van der Waals surface area contributed by atoms with Crippen molar-refractivity contribution in [2.75, 3.05) is 0 Å². The molecule has 25 heavy (non-hydrogen) atoms. The summed E-state index contributed by atoms with van der Waals surface area (Å²) in [4.78, 5) is 38.3. The van der Waals surface area contributed by atoms with Crippen molar-refractivity contribution in [3.8, 4) is 0 Å². The van der Waals surface area contributed by atoms with Gasteiger partial charge < -0.3 is 4.74 Å². The molecule has 1 fully saturated rings. The third-order valence-corrected chi connectivity index (χ3v) is 5.73. The lowest BCUT2D eigenvalue weighted by Crippen LogP contribution is -2.75. The van der Waals surface area contributed by atoms with Crippen LogP contribution in [0.1, 0.15) is 46.5 Å². The van der Waals surface area contributed by atoms with Crippen LogP contribution in [-0.2, 0) is 14.9 Å². The molecular formula is C21H18O4. The Morgan fingerprint density at radius 2 is 1.60 bits per heavy atom. The third-order valence-electron chi connectivity index (χ3n) is 5.73. The van der Waals surface area contributed by atoms with E-state index in [0.29, 0.717) is 17.5 Å². The minimum atomic E-state index is -1.47. The number of Topliss-reactive ketones (excluding diaryl/α,β-unsaturated/α-hetero) is 2. The number of esters is 1. The summed E-state index contributed by atoms with van der Waals surface area (Å²) in [6, 6.07) is 16.3. The molecule has 2 aliphatic carbocycles. The number of hydrogen-bond donors (Lipinski definition) is 0. The topological polar surface area (TPSA) is 60.4 Å². The van der Waals surface area contributed by atoms with Crippen LogP contribution in [0.3, 0.4) is 0 Å². The normalized spacial score (nSPS) is 30.1. The summed E-state index contributed by atoms with van der Waals surface area (Å²) in [6.07, 6.45) is 0.475. The zero-order valence-electron chi connectivity index (χ0n) is 14.1. The average Bonchev–Trinajstić information content (AvgIpc) is 2.62. The van der Waals surface area contributed by atoms with Crippen LogP contribution in [-0.4, -0.2) is 23.1 Å². The summed E-state index contributed by atoms with van der Waals surface area (Å²) in [5.41, 5.74) is -0.536. The Balaban J connectivity index is 1.95. The van der Waals surface area contributed by atoms with Crippen molar-refractivity contribution < 1.29 is 19.1 Å². The van der Waals surface area contributed by atoms with E-state index < -0.39 is 22.9 Å². The van der Waals surface area contributed by atoms with E-state index in [1.165, 1.54) is 6.92 Å². The van der Waals surface area contributed by atoms with Gasteiger partial charge in [0.25, 0.3) is 0 Å². The molecule has 126 valence electrons. The molecule has 3 atom stereocenters. The maximum Gasteiger partial charge on any atom is 0.303 e. The van der Waals surface area contributed by atoms with Crippen LogP contribution < -0.4 is 0 Å². The maximum absolute atomic E-state index is 13.4. The van der Waals surface area contributed by atoms with Crippen molar-refractivity contribution >= 4 is 17.5 Å². The van der Waals surface area contributed by atoms with Gasteiger partial charge in [-0.1, -0.05) is 61.5 Å². The van der Waals surface area contributed by atoms with Crippen LogP contribution in [0, 0.1) is 5.92 Å². The lowest BCUT2D eigenvalue weighted by Gasteiger charge is -2.61. The number of benzene rings is 2. The van der Waals surface area contributed by atoms with Gasteiger partial charge in [0.2, 0.25) is 5.78 Å². The van der Waals surface area contributed by atoms with E-state index in [1.54, 1.807) is 24.3 Å². The molecule has 0 unspecified atom stereocenters. The minimum absolute atomic E-state index is 0.121. The summed E-state index contributed by atoms with van der Waals surface area (Å²) in [7, 11) is 0. The first-order valence-electron chi connectivity index (χ1n) is 8.35. The Hall–Kier alpha value is -2.75. The number of carbonyl (C=O) groups excluding carboxylic acids is 3. The van der Waals surface area contributed by atoms with Crippen molar-refractivity contribution in [1.82, 2.24) is 0 Å². The number of carbonyl (C=O) groups is 3. The first kappa shape index (κ1) is 15.8. The fraction of sp³-hybridized carbons (Fsp3) is 0.286. The molecule has 0 N–H and O–H groups in total. The van der Waals surface area contributed by atoms with E-state index in [4.69, 9.17) is 4.74 Å². The summed E-state index contributed by atoms with van der Waals surface area (Å²) in [6.45, 7) is 3.19. The van der Waals surface area contributed by atoms with Gasteiger partial charge in [0, 0.05) is 23.5 Å². The number of fused-ring (bicyclic) bond motifs is 2. The quantitative estimate of drug-likeness (QED) is 0.790. The van der Waals surface area contributed by atoms with Crippen LogP contribution in [0.2, 0.25) is 0 Å². The largest absolute Gasteiger partial charge is 0.449 e. The van der Waals surface area contributed by atoms with E-state index in [2.05, 4.69) is 0 Å². The first-order chi connectivity index (χ1) is 11.9. The van der Waals surface area contributed by atoms with E-state index in [9.17, 15) is 14.4 Å². The fourth-order valence-corrected chi connectivity index (χ4v) is 4.52. The smallest absolute Gasteiger partial charge is 0.303 e. The average molecular weight is 334 g/mol. The van der Waals surface area contributed by atoms with E-state index in [0.717, 1.165) is 5.56 Å². The molecule has 4 rings (SSSR count). The van der Waals surface area contributed by atoms with Gasteiger partial charge in [-0.05, 0) is 12.0 Å². The van der Waals surface area contributed by atoms with Gasteiger partial charge in [-0.25, -0.2) is 0 Å². The summed E-state index contributed by atoms with van der Waals surface area (Å²) in [5, 5.41) is 0. The molecule has 0 aromatic heterocycles. The Kier molecular flexibility index (Phi) is 3.23. The van der Waals surface area contributed by atoms with Gasteiger partial charge in [-0.15, -0.1) is 0 Å². The molecule has 0 aliphatic heterocycles. The summed E-state index contributed by atoms with van der Waals surface area (Å²) in [5.74, 6) is -1.58. The molecule has 0 bridgehead atoms. The Labute approximate surface area is 145 Å². The number of rotatable bonds is 2. The van der Waals surface area contributed by atoms with E-state index >= 15 is 0 Å². The predicted octanol–water partition coefficient (Wildman–Crippen LogP) is 3.35. The molecule has 2 aromatic rings. The van der Waals surface area contributed by atoms with Crippen LogP contribution >= 0.6 is 0 Å². The predicted molar refractivity (Wildman–Crippen MR) is 91.5 cm³/mol. The van der Waals surface area contributed by atoms with Crippen LogP contribution in [0.5, 0.6) is 0 Å².